The van der Waals surface area contributed by atoms with Crippen LogP contribution in [0.2, 0.25) is 0 Å². The van der Waals surface area contributed by atoms with Crippen LogP contribution in [-0.2, 0) is 6.18 Å². The second kappa shape index (κ2) is 7.22. The van der Waals surface area contributed by atoms with Crippen LogP contribution in [0.4, 0.5) is 19.0 Å². The van der Waals surface area contributed by atoms with Crippen molar-refractivity contribution in [3.05, 3.63) is 35.6 Å². The van der Waals surface area contributed by atoms with Gasteiger partial charge in [-0.15, -0.1) is 0 Å². The van der Waals surface area contributed by atoms with Gasteiger partial charge in [0.05, 0.1) is 11.6 Å². The van der Waals surface area contributed by atoms with E-state index in [-0.39, 0.29) is 12.0 Å². The van der Waals surface area contributed by atoms with Crippen LogP contribution in [0, 0.1) is 0 Å². The molecule has 9 heteroatoms. The first-order valence-electron chi connectivity index (χ1n) is 8.61. The van der Waals surface area contributed by atoms with E-state index in [1.807, 2.05) is 25.7 Å². The number of halogens is 3. The molecule has 1 fully saturated rings. The maximum atomic E-state index is 12.6. The molecule has 3 heterocycles. The molecule has 26 heavy (non-hydrogen) atoms. The lowest BCUT2D eigenvalue weighted by Gasteiger charge is -2.37. The van der Waals surface area contributed by atoms with Crippen LogP contribution in [-0.4, -0.2) is 46.2 Å². The molecule has 0 bridgehead atoms. The predicted octanol–water partition coefficient (Wildman–Crippen LogP) is 3.49. The van der Waals surface area contributed by atoms with E-state index in [9.17, 15) is 13.2 Å². The molecule has 142 valence electrons. The zero-order valence-corrected chi connectivity index (χ0v) is 15.0. The molecule has 2 aromatic heterocycles. The van der Waals surface area contributed by atoms with Gasteiger partial charge >= 0.3 is 6.18 Å². The topological polar surface area (TPSA) is 58.3 Å². The van der Waals surface area contributed by atoms with Crippen LogP contribution in [0.3, 0.4) is 0 Å². The fourth-order valence-corrected chi connectivity index (χ4v) is 2.89. The number of hydrogen-bond donors (Lipinski definition) is 0. The fourth-order valence-electron chi connectivity index (χ4n) is 2.89. The average Bonchev–Trinajstić information content (AvgIpc) is 3.11. The summed E-state index contributed by atoms with van der Waals surface area (Å²) in [4.78, 5) is 12.6. The van der Waals surface area contributed by atoms with Gasteiger partial charge in [0, 0.05) is 38.3 Å². The summed E-state index contributed by atoms with van der Waals surface area (Å²) >= 11 is 0. The Bertz CT molecular complexity index is 721. The van der Waals surface area contributed by atoms with Crippen molar-refractivity contribution < 1.29 is 17.7 Å². The van der Waals surface area contributed by atoms with Gasteiger partial charge in [-0.1, -0.05) is 19.0 Å². The predicted molar refractivity (Wildman–Crippen MR) is 89.8 cm³/mol. The summed E-state index contributed by atoms with van der Waals surface area (Å²) in [5, 5.41) is 4.00. The molecule has 6 nitrogen and oxygen atoms in total. The SMILES string of the molecule is CC(C)c1noc(C(C)N2CCN(c3ccc(C(F)(F)F)cn3)CC2)n1. The van der Waals surface area contributed by atoms with Crippen molar-refractivity contribution in [2.75, 3.05) is 31.1 Å². The summed E-state index contributed by atoms with van der Waals surface area (Å²) in [6, 6.07) is 2.50. The number of anilines is 1. The highest BCUT2D eigenvalue weighted by Crippen LogP contribution is 2.30. The number of alkyl halides is 3. The molecule has 2 aromatic rings. The second-order valence-corrected chi connectivity index (χ2v) is 6.75. The molecule has 1 unspecified atom stereocenters. The van der Waals surface area contributed by atoms with Crippen LogP contribution in [0.15, 0.2) is 22.9 Å². The Balaban J connectivity index is 1.60. The van der Waals surface area contributed by atoms with E-state index >= 15 is 0 Å². The smallest absolute Gasteiger partial charge is 0.354 e. The summed E-state index contributed by atoms with van der Waals surface area (Å²) in [5.41, 5.74) is -0.731. The number of piperazine rings is 1. The van der Waals surface area contributed by atoms with Crippen molar-refractivity contribution in [1.29, 1.82) is 0 Å². The third-order valence-corrected chi connectivity index (χ3v) is 4.59. The molecule has 1 aliphatic heterocycles. The van der Waals surface area contributed by atoms with Gasteiger partial charge in [0.25, 0.3) is 0 Å². The number of rotatable bonds is 4. The van der Waals surface area contributed by atoms with Crippen molar-refractivity contribution in [3.63, 3.8) is 0 Å². The van der Waals surface area contributed by atoms with Gasteiger partial charge in [0.2, 0.25) is 5.89 Å². The van der Waals surface area contributed by atoms with Gasteiger partial charge in [-0.2, -0.15) is 18.2 Å². The Morgan fingerprint density at radius 3 is 2.27 bits per heavy atom. The second-order valence-electron chi connectivity index (χ2n) is 6.75. The highest BCUT2D eigenvalue weighted by Gasteiger charge is 2.31. The largest absolute Gasteiger partial charge is 0.417 e. The maximum absolute atomic E-state index is 12.6. The average molecular weight is 369 g/mol. The third kappa shape index (κ3) is 3.98. The van der Waals surface area contributed by atoms with Gasteiger partial charge in [0.15, 0.2) is 5.82 Å². The van der Waals surface area contributed by atoms with Crippen molar-refractivity contribution in [1.82, 2.24) is 20.0 Å². The summed E-state index contributed by atoms with van der Waals surface area (Å²) in [5.74, 6) is 2.06. The lowest BCUT2D eigenvalue weighted by atomic mass is 10.2. The molecular formula is C17H22F3N5O. The standard InChI is InChI=1S/C17H22F3N5O/c1-11(2)15-22-16(26-23-15)12(3)24-6-8-25(9-7-24)14-5-4-13(10-21-14)17(18,19)20/h4-5,10-12H,6-9H2,1-3H3. The molecule has 0 radical (unpaired) electrons. The van der Waals surface area contributed by atoms with E-state index in [1.54, 1.807) is 0 Å². The first-order valence-corrected chi connectivity index (χ1v) is 8.61. The third-order valence-electron chi connectivity index (χ3n) is 4.59. The minimum Gasteiger partial charge on any atom is -0.354 e. The van der Waals surface area contributed by atoms with Gasteiger partial charge in [-0.05, 0) is 19.1 Å². The van der Waals surface area contributed by atoms with Crippen LogP contribution in [0.1, 0.15) is 50.0 Å². The maximum Gasteiger partial charge on any atom is 0.417 e. The Hall–Kier alpha value is -2.16. The Morgan fingerprint density at radius 2 is 1.77 bits per heavy atom. The van der Waals surface area contributed by atoms with Crippen LogP contribution in [0.5, 0.6) is 0 Å². The molecule has 3 rings (SSSR count). The summed E-state index contributed by atoms with van der Waals surface area (Å²) in [7, 11) is 0. The van der Waals surface area contributed by atoms with Gasteiger partial charge in [0.1, 0.15) is 5.82 Å². The molecule has 0 spiro atoms. The van der Waals surface area contributed by atoms with Crippen molar-refractivity contribution in [2.24, 2.45) is 0 Å². The number of aromatic nitrogens is 3. The van der Waals surface area contributed by atoms with Gasteiger partial charge in [-0.3, -0.25) is 4.90 Å². The van der Waals surface area contributed by atoms with Crippen molar-refractivity contribution >= 4 is 5.82 Å². The minimum atomic E-state index is -4.36. The minimum absolute atomic E-state index is 0.00212. The molecule has 1 aliphatic rings. The Labute approximate surface area is 150 Å². The number of nitrogens with zero attached hydrogens (tertiary/aromatic N) is 5. The van der Waals surface area contributed by atoms with E-state index in [0.29, 0.717) is 30.6 Å². The molecule has 1 atom stereocenters. The van der Waals surface area contributed by atoms with E-state index < -0.39 is 11.7 Å². The molecule has 0 aromatic carbocycles. The molecule has 0 amide bonds. The molecule has 0 N–H and O–H groups in total. The van der Waals surface area contributed by atoms with Gasteiger partial charge < -0.3 is 9.42 Å². The first-order chi connectivity index (χ1) is 12.3. The lowest BCUT2D eigenvalue weighted by molar-refractivity contribution is -0.137. The Morgan fingerprint density at radius 1 is 1.08 bits per heavy atom. The number of hydrogen-bond acceptors (Lipinski definition) is 6. The van der Waals surface area contributed by atoms with E-state index in [2.05, 4.69) is 20.0 Å². The molecule has 0 saturated carbocycles. The summed E-state index contributed by atoms with van der Waals surface area (Å²) in [6.07, 6.45) is -3.48. The normalized spacial score (nSPS) is 17.7. The monoisotopic (exact) mass is 369 g/mol. The van der Waals surface area contributed by atoms with Crippen LogP contribution in [0.25, 0.3) is 0 Å². The fraction of sp³-hybridized carbons (Fsp3) is 0.588. The Kier molecular flexibility index (Phi) is 5.17. The van der Waals surface area contributed by atoms with Crippen LogP contribution >= 0.6 is 0 Å². The zero-order valence-electron chi connectivity index (χ0n) is 15.0. The van der Waals surface area contributed by atoms with E-state index in [1.165, 1.54) is 6.07 Å². The van der Waals surface area contributed by atoms with Crippen LogP contribution < -0.4 is 4.90 Å². The first kappa shape index (κ1) is 18.6. The molecular weight excluding hydrogens is 347 g/mol. The van der Waals surface area contributed by atoms with E-state index in [4.69, 9.17) is 4.52 Å². The van der Waals surface area contributed by atoms with Gasteiger partial charge in [-0.25, -0.2) is 4.98 Å². The summed E-state index contributed by atoms with van der Waals surface area (Å²) < 4.78 is 43.3. The highest BCUT2D eigenvalue weighted by molar-refractivity contribution is 5.40. The highest BCUT2D eigenvalue weighted by atomic mass is 19.4. The lowest BCUT2D eigenvalue weighted by Crippen LogP contribution is -2.47. The molecule has 1 saturated heterocycles. The number of pyridine rings is 1. The molecule has 0 aliphatic carbocycles. The van der Waals surface area contributed by atoms with Crippen molar-refractivity contribution in [3.8, 4) is 0 Å². The quantitative estimate of drug-likeness (QED) is 0.822. The summed E-state index contributed by atoms with van der Waals surface area (Å²) in [6.45, 7) is 8.86. The van der Waals surface area contributed by atoms with E-state index in [0.717, 1.165) is 25.4 Å². The zero-order chi connectivity index (χ0) is 18.9. The van der Waals surface area contributed by atoms with Crippen molar-refractivity contribution in [2.45, 2.75) is 38.9 Å².